The Balaban J connectivity index is 2.44. The maximum absolute atomic E-state index is 11.9. The number of anilines is 2. The highest BCUT2D eigenvalue weighted by Gasteiger charge is 2.10. The van der Waals surface area contributed by atoms with Crippen molar-refractivity contribution in [3.8, 4) is 5.75 Å². The molecule has 6 heteroatoms. The number of methoxy groups -OCH3 is 1. The Hall–Kier alpha value is -1.79. The Morgan fingerprint density at radius 1 is 1.52 bits per heavy atom. The van der Waals surface area contributed by atoms with Crippen LogP contribution in [0.1, 0.15) is 19.8 Å². The quantitative estimate of drug-likeness (QED) is 0.629. The molecule has 0 aromatic heterocycles. The van der Waals surface area contributed by atoms with Crippen molar-refractivity contribution in [1.29, 1.82) is 0 Å². The number of carbonyl (C=O) groups excluding carboxylic acids is 1. The number of nitrogens with one attached hydrogen (secondary N) is 1. The molecular weight excluding hydrogens is 270 g/mol. The maximum atomic E-state index is 11.9. The molecule has 0 aliphatic heterocycles. The summed E-state index contributed by atoms with van der Waals surface area (Å²) in [7, 11) is 3.47. The standard InChI is InChI=1S/C15H25N3O3/c1-11(10-19)18(2)8-4-5-15(20)17-13-7-6-12(16)9-14(13)21-3/h6-7,9,11,19H,4-5,8,10,16H2,1-3H3,(H,17,20). The number of nitrogens with zero attached hydrogens (tertiary/aromatic N) is 1. The van der Waals surface area contributed by atoms with Crippen molar-refractivity contribution in [2.45, 2.75) is 25.8 Å². The highest BCUT2D eigenvalue weighted by Crippen LogP contribution is 2.26. The summed E-state index contributed by atoms with van der Waals surface area (Å²) in [6.07, 6.45) is 1.14. The van der Waals surface area contributed by atoms with Crippen LogP contribution in [0.25, 0.3) is 0 Å². The Labute approximate surface area is 125 Å². The molecule has 4 N–H and O–H groups in total. The Morgan fingerprint density at radius 2 is 2.24 bits per heavy atom. The van der Waals surface area contributed by atoms with Crippen molar-refractivity contribution >= 4 is 17.3 Å². The van der Waals surface area contributed by atoms with Gasteiger partial charge in [0.25, 0.3) is 0 Å². The molecule has 6 nitrogen and oxygen atoms in total. The molecule has 0 heterocycles. The lowest BCUT2D eigenvalue weighted by Crippen LogP contribution is -2.33. The number of aliphatic hydroxyl groups is 1. The third kappa shape index (κ3) is 5.61. The first-order chi connectivity index (χ1) is 9.97. The molecule has 0 spiro atoms. The number of ether oxygens (including phenoxy) is 1. The topological polar surface area (TPSA) is 87.8 Å². The van der Waals surface area contributed by atoms with E-state index >= 15 is 0 Å². The summed E-state index contributed by atoms with van der Waals surface area (Å²) in [4.78, 5) is 13.9. The minimum absolute atomic E-state index is 0.0666. The first-order valence-electron chi connectivity index (χ1n) is 7.02. The zero-order valence-corrected chi connectivity index (χ0v) is 12.9. The van der Waals surface area contributed by atoms with Gasteiger partial charge in [-0.1, -0.05) is 0 Å². The van der Waals surface area contributed by atoms with Gasteiger partial charge >= 0.3 is 0 Å². The van der Waals surface area contributed by atoms with Crippen molar-refractivity contribution in [3.63, 3.8) is 0 Å². The lowest BCUT2D eigenvalue weighted by atomic mass is 10.2. The minimum Gasteiger partial charge on any atom is -0.494 e. The third-order valence-electron chi connectivity index (χ3n) is 3.43. The highest BCUT2D eigenvalue weighted by atomic mass is 16.5. The van der Waals surface area contributed by atoms with Gasteiger partial charge in [-0.2, -0.15) is 0 Å². The van der Waals surface area contributed by atoms with E-state index in [1.807, 2.05) is 18.9 Å². The summed E-state index contributed by atoms with van der Waals surface area (Å²) in [5.41, 5.74) is 6.88. The van der Waals surface area contributed by atoms with Gasteiger partial charge in [0.2, 0.25) is 5.91 Å². The number of benzene rings is 1. The zero-order chi connectivity index (χ0) is 15.8. The zero-order valence-electron chi connectivity index (χ0n) is 12.9. The predicted molar refractivity (Wildman–Crippen MR) is 84.4 cm³/mol. The van der Waals surface area contributed by atoms with E-state index in [9.17, 15) is 4.79 Å². The number of amides is 1. The van der Waals surface area contributed by atoms with Gasteiger partial charge in [0.1, 0.15) is 5.75 Å². The molecule has 0 aliphatic rings. The lowest BCUT2D eigenvalue weighted by Gasteiger charge is -2.22. The average Bonchev–Trinajstić information content (AvgIpc) is 2.47. The number of hydrogen-bond donors (Lipinski definition) is 3. The second kappa shape index (κ2) is 8.49. The molecule has 118 valence electrons. The lowest BCUT2D eigenvalue weighted by molar-refractivity contribution is -0.116. The number of hydrogen-bond acceptors (Lipinski definition) is 5. The van der Waals surface area contributed by atoms with Gasteiger partial charge in [-0.05, 0) is 39.1 Å². The minimum atomic E-state index is -0.0666. The third-order valence-corrected chi connectivity index (χ3v) is 3.43. The van der Waals surface area contributed by atoms with E-state index in [2.05, 4.69) is 5.32 Å². The summed E-state index contributed by atoms with van der Waals surface area (Å²) in [6.45, 7) is 2.82. The van der Waals surface area contributed by atoms with E-state index in [0.717, 1.165) is 13.0 Å². The van der Waals surface area contributed by atoms with Gasteiger partial charge in [-0.3, -0.25) is 4.79 Å². The fourth-order valence-electron chi connectivity index (χ4n) is 1.87. The van der Waals surface area contributed by atoms with E-state index in [-0.39, 0.29) is 18.6 Å². The summed E-state index contributed by atoms with van der Waals surface area (Å²) in [6, 6.07) is 5.22. The van der Waals surface area contributed by atoms with Crippen molar-refractivity contribution < 1.29 is 14.6 Å². The van der Waals surface area contributed by atoms with Crippen LogP contribution in [-0.2, 0) is 4.79 Å². The number of nitrogens with two attached hydrogens (primary N) is 1. The molecule has 1 aromatic rings. The molecule has 21 heavy (non-hydrogen) atoms. The molecular formula is C15H25N3O3. The van der Waals surface area contributed by atoms with Gasteiger partial charge in [-0.25, -0.2) is 0 Å². The monoisotopic (exact) mass is 295 g/mol. The van der Waals surface area contributed by atoms with Gasteiger partial charge in [-0.15, -0.1) is 0 Å². The molecule has 0 aliphatic carbocycles. The fourth-order valence-corrected chi connectivity index (χ4v) is 1.87. The number of carbonyl (C=O) groups is 1. The molecule has 1 rings (SSSR count). The maximum Gasteiger partial charge on any atom is 0.224 e. The Morgan fingerprint density at radius 3 is 2.86 bits per heavy atom. The first kappa shape index (κ1) is 17.3. The Kier molecular flexibility index (Phi) is 6.98. The second-order valence-corrected chi connectivity index (χ2v) is 5.12. The van der Waals surface area contributed by atoms with Gasteiger partial charge in [0.05, 0.1) is 19.4 Å². The predicted octanol–water partition coefficient (Wildman–Crippen LogP) is 1.31. The fraction of sp³-hybridized carbons (Fsp3) is 0.533. The van der Waals surface area contributed by atoms with Gasteiger partial charge in [0, 0.05) is 24.2 Å². The highest BCUT2D eigenvalue weighted by molar-refractivity contribution is 5.92. The molecule has 0 saturated heterocycles. The number of likely N-dealkylation sites (N-methyl/N-ethyl adjacent to an activating group) is 1. The number of nitrogen functional groups attached to an aromatic ring is 1. The van der Waals surface area contributed by atoms with Crippen LogP contribution < -0.4 is 15.8 Å². The van der Waals surface area contributed by atoms with Crippen molar-refractivity contribution in [2.24, 2.45) is 0 Å². The van der Waals surface area contributed by atoms with Gasteiger partial charge < -0.3 is 25.8 Å². The van der Waals surface area contributed by atoms with Crippen LogP contribution in [0.2, 0.25) is 0 Å². The van der Waals surface area contributed by atoms with E-state index in [1.165, 1.54) is 7.11 Å². The van der Waals surface area contributed by atoms with Crippen LogP contribution in [0.3, 0.4) is 0 Å². The van der Waals surface area contributed by atoms with Crippen LogP contribution in [0.15, 0.2) is 18.2 Å². The van der Waals surface area contributed by atoms with Crippen molar-refractivity contribution in [3.05, 3.63) is 18.2 Å². The van der Waals surface area contributed by atoms with E-state index in [0.29, 0.717) is 23.5 Å². The van der Waals surface area contributed by atoms with Crippen molar-refractivity contribution in [2.75, 3.05) is 38.4 Å². The summed E-state index contributed by atoms with van der Waals surface area (Å²) in [5, 5.41) is 11.9. The summed E-state index contributed by atoms with van der Waals surface area (Å²) >= 11 is 0. The molecule has 0 bridgehead atoms. The largest absolute Gasteiger partial charge is 0.494 e. The summed E-state index contributed by atoms with van der Waals surface area (Å²) < 4.78 is 5.19. The number of rotatable bonds is 8. The van der Waals surface area contributed by atoms with Crippen LogP contribution in [0.4, 0.5) is 11.4 Å². The molecule has 1 aromatic carbocycles. The van der Waals surface area contributed by atoms with E-state index in [4.69, 9.17) is 15.6 Å². The molecule has 1 amide bonds. The molecule has 1 unspecified atom stereocenters. The SMILES string of the molecule is COc1cc(N)ccc1NC(=O)CCCN(C)C(C)CO. The van der Waals surface area contributed by atoms with Gasteiger partial charge in [0.15, 0.2) is 0 Å². The average molecular weight is 295 g/mol. The van der Waals surface area contributed by atoms with Crippen LogP contribution >= 0.6 is 0 Å². The first-order valence-corrected chi connectivity index (χ1v) is 7.02. The smallest absolute Gasteiger partial charge is 0.224 e. The molecule has 0 saturated carbocycles. The molecule has 1 atom stereocenters. The second-order valence-electron chi connectivity index (χ2n) is 5.12. The van der Waals surface area contributed by atoms with Crippen LogP contribution in [-0.4, -0.2) is 49.3 Å². The molecule has 0 fully saturated rings. The van der Waals surface area contributed by atoms with E-state index in [1.54, 1.807) is 18.2 Å². The van der Waals surface area contributed by atoms with E-state index < -0.39 is 0 Å². The van der Waals surface area contributed by atoms with Crippen LogP contribution in [0, 0.1) is 0 Å². The normalized spacial score (nSPS) is 12.2. The summed E-state index contributed by atoms with van der Waals surface area (Å²) in [5.74, 6) is 0.484. The Bertz CT molecular complexity index is 465. The molecule has 0 radical (unpaired) electrons. The van der Waals surface area contributed by atoms with Crippen LogP contribution in [0.5, 0.6) is 5.75 Å². The van der Waals surface area contributed by atoms with Crippen molar-refractivity contribution in [1.82, 2.24) is 4.90 Å². The number of aliphatic hydroxyl groups excluding tert-OH is 1.